The third kappa shape index (κ3) is 5.03. The Labute approximate surface area is 239 Å². The van der Waals surface area contributed by atoms with E-state index in [-0.39, 0.29) is 50.0 Å². The predicted octanol–water partition coefficient (Wildman–Crippen LogP) is 5.35. The van der Waals surface area contributed by atoms with E-state index in [4.69, 9.17) is 32.7 Å². The van der Waals surface area contributed by atoms with Crippen LogP contribution in [0.1, 0.15) is 12.0 Å². The first-order valence-electron chi connectivity index (χ1n) is 12.5. The number of fused-ring (bicyclic) bond motifs is 1. The number of aromatic nitrogens is 3. The van der Waals surface area contributed by atoms with Gasteiger partial charge in [-0.2, -0.15) is 4.98 Å². The molecule has 1 atom stereocenters. The lowest BCUT2D eigenvalue weighted by atomic mass is 10.0. The van der Waals surface area contributed by atoms with Gasteiger partial charge in [0.25, 0.3) is 11.2 Å². The number of hydrogen-bond donors (Lipinski definition) is 2. The summed E-state index contributed by atoms with van der Waals surface area (Å²) in [6.07, 6.45) is 2.44. The number of hydrogen-bond acceptors (Lipinski definition) is 9. The molecule has 2 aromatic carbocycles. The molecule has 4 aromatic rings. The highest BCUT2D eigenvalue weighted by atomic mass is 35.5. The Morgan fingerprint density at radius 3 is 2.55 bits per heavy atom. The molecule has 1 aliphatic heterocycles. The summed E-state index contributed by atoms with van der Waals surface area (Å²) in [6, 6.07) is 7.96. The van der Waals surface area contributed by atoms with Crippen LogP contribution in [0.4, 0.5) is 17.3 Å². The van der Waals surface area contributed by atoms with Gasteiger partial charge >= 0.3 is 0 Å². The normalized spacial score (nSPS) is 14.9. The van der Waals surface area contributed by atoms with Gasteiger partial charge in [-0.3, -0.25) is 19.5 Å². The molecule has 0 spiro atoms. The van der Waals surface area contributed by atoms with E-state index in [1.54, 1.807) is 42.0 Å². The quantitative estimate of drug-likeness (QED) is 0.207. The molecule has 1 unspecified atom stereocenters. The molecule has 13 heteroatoms. The van der Waals surface area contributed by atoms with E-state index in [1.807, 2.05) is 0 Å². The molecule has 1 aliphatic rings. The smallest absolute Gasteiger partial charge is 0.293 e. The molecule has 0 bridgehead atoms. The van der Waals surface area contributed by atoms with Crippen LogP contribution in [-0.2, 0) is 6.54 Å². The maximum atomic E-state index is 14.1. The van der Waals surface area contributed by atoms with Gasteiger partial charge in [-0.05, 0) is 44.0 Å². The molecular formula is C27H26Cl2N6O5. The largest absolute Gasteiger partial charge is 0.495 e. The van der Waals surface area contributed by atoms with E-state index >= 15 is 0 Å². The Balaban J connectivity index is 1.72. The van der Waals surface area contributed by atoms with Crippen molar-refractivity contribution in [2.75, 3.05) is 32.6 Å². The standard InChI is InChI=1S/C27H26Cl2N6O5/c1-14-5-4-6-18(35(37)38)24(14)32-27-31-12-16-9-17(21-22(28)19(39-2)10-20(40-3)23(21)29)26(36)34(25(16)33-27)13-15-7-8-30-11-15/h4-6,9-10,12,15,30H,7-8,11,13H2,1-3H3,(H,31,32,33). The van der Waals surface area contributed by atoms with Crippen molar-refractivity contribution in [1.82, 2.24) is 19.9 Å². The summed E-state index contributed by atoms with van der Waals surface area (Å²) >= 11 is 13.3. The number of nitrogens with zero attached hydrogens (tertiary/aromatic N) is 4. The second-order valence-electron chi connectivity index (χ2n) is 9.44. The molecule has 5 rings (SSSR count). The molecule has 0 radical (unpaired) electrons. The number of halogens is 2. The van der Waals surface area contributed by atoms with Gasteiger partial charge in [-0.15, -0.1) is 0 Å². The van der Waals surface area contributed by atoms with Gasteiger partial charge in [-0.25, -0.2) is 4.98 Å². The maximum absolute atomic E-state index is 14.1. The molecule has 1 fully saturated rings. The average molecular weight is 585 g/mol. The lowest BCUT2D eigenvalue weighted by Crippen LogP contribution is -2.27. The van der Waals surface area contributed by atoms with Crippen molar-refractivity contribution in [1.29, 1.82) is 0 Å². The molecule has 1 saturated heterocycles. The molecule has 0 saturated carbocycles. The molecule has 0 amide bonds. The van der Waals surface area contributed by atoms with Crippen molar-refractivity contribution in [2.45, 2.75) is 19.9 Å². The van der Waals surface area contributed by atoms with Crippen LogP contribution in [-0.4, -0.2) is 46.8 Å². The molecule has 2 N–H and O–H groups in total. The minimum absolute atomic E-state index is 0.107. The predicted molar refractivity (Wildman–Crippen MR) is 154 cm³/mol. The zero-order valence-electron chi connectivity index (χ0n) is 22.0. The molecular weight excluding hydrogens is 559 g/mol. The fraction of sp³-hybridized carbons (Fsp3) is 0.296. The first-order valence-corrected chi connectivity index (χ1v) is 13.2. The number of para-hydroxylation sites is 1. The summed E-state index contributed by atoms with van der Waals surface area (Å²) < 4.78 is 12.4. The molecule has 40 heavy (non-hydrogen) atoms. The number of aryl methyl sites for hydroxylation is 1. The van der Waals surface area contributed by atoms with Crippen molar-refractivity contribution >= 4 is 51.6 Å². The van der Waals surface area contributed by atoms with E-state index < -0.39 is 4.92 Å². The Kier molecular flexibility index (Phi) is 7.79. The summed E-state index contributed by atoms with van der Waals surface area (Å²) in [6.45, 7) is 3.73. The van der Waals surface area contributed by atoms with Gasteiger partial charge in [0.1, 0.15) is 22.8 Å². The van der Waals surface area contributed by atoms with E-state index in [0.29, 0.717) is 34.6 Å². The number of nitrogens with one attached hydrogen (secondary N) is 2. The monoisotopic (exact) mass is 584 g/mol. The highest BCUT2D eigenvalue weighted by molar-refractivity contribution is 6.41. The first kappa shape index (κ1) is 27.6. The lowest BCUT2D eigenvalue weighted by Gasteiger charge is -2.19. The van der Waals surface area contributed by atoms with Gasteiger partial charge < -0.3 is 20.1 Å². The second-order valence-corrected chi connectivity index (χ2v) is 10.2. The lowest BCUT2D eigenvalue weighted by molar-refractivity contribution is -0.384. The van der Waals surface area contributed by atoms with Crippen LogP contribution in [0.3, 0.4) is 0 Å². The summed E-state index contributed by atoms with van der Waals surface area (Å²) in [5, 5.41) is 18.8. The Morgan fingerprint density at radius 2 is 1.93 bits per heavy atom. The molecule has 0 aliphatic carbocycles. The van der Waals surface area contributed by atoms with E-state index in [1.165, 1.54) is 20.3 Å². The van der Waals surface area contributed by atoms with E-state index in [2.05, 4.69) is 20.6 Å². The van der Waals surface area contributed by atoms with Crippen LogP contribution in [0, 0.1) is 23.0 Å². The van der Waals surface area contributed by atoms with Crippen molar-refractivity contribution < 1.29 is 14.4 Å². The van der Waals surface area contributed by atoms with Crippen molar-refractivity contribution in [3.8, 4) is 22.6 Å². The summed E-state index contributed by atoms with van der Waals surface area (Å²) in [7, 11) is 2.93. The highest BCUT2D eigenvalue weighted by Crippen LogP contribution is 2.45. The number of anilines is 2. The topological polar surface area (TPSA) is 133 Å². The summed E-state index contributed by atoms with van der Waals surface area (Å²) in [5.41, 5.74) is 1.36. The SMILES string of the molecule is COc1cc(OC)c(Cl)c(-c2cc3cnc(Nc4c(C)cccc4[N+](=O)[O-])nc3n(CC3CCNC3)c2=O)c1Cl. The van der Waals surface area contributed by atoms with Crippen LogP contribution >= 0.6 is 23.2 Å². The summed E-state index contributed by atoms with van der Waals surface area (Å²) in [5.74, 6) is 0.916. The fourth-order valence-electron chi connectivity index (χ4n) is 4.90. The molecule has 208 valence electrons. The molecule has 2 aromatic heterocycles. The number of ether oxygens (including phenoxy) is 2. The third-order valence-electron chi connectivity index (χ3n) is 6.96. The molecule has 3 heterocycles. The van der Waals surface area contributed by atoms with Gasteiger partial charge in [0.05, 0.1) is 34.8 Å². The van der Waals surface area contributed by atoms with Gasteiger partial charge in [0.2, 0.25) is 5.95 Å². The average Bonchev–Trinajstić information content (AvgIpc) is 3.45. The minimum Gasteiger partial charge on any atom is -0.495 e. The van der Waals surface area contributed by atoms with Crippen LogP contribution in [0.5, 0.6) is 11.5 Å². The Morgan fingerprint density at radius 1 is 1.20 bits per heavy atom. The van der Waals surface area contributed by atoms with Crippen LogP contribution in [0.25, 0.3) is 22.2 Å². The van der Waals surface area contributed by atoms with Crippen molar-refractivity contribution in [3.05, 3.63) is 72.6 Å². The zero-order chi connectivity index (χ0) is 28.6. The van der Waals surface area contributed by atoms with Gasteiger partial charge in [0.15, 0.2) is 0 Å². The number of pyridine rings is 1. The molecule has 11 nitrogen and oxygen atoms in total. The van der Waals surface area contributed by atoms with E-state index in [9.17, 15) is 14.9 Å². The number of methoxy groups -OCH3 is 2. The Hall–Kier alpha value is -3.93. The third-order valence-corrected chi connectivity index (χ3v) is 7.71. The number of nitro groups is 1. The van der Waals surface area contributed by atoms with Crippen molar-refractivity contribution in [3.63, 3.8) is 0 Å². The zero-order valence-corrected chi connectivity index (χ0v) is 23.5. The van der Waals surface area contributed by atoms with Gasteiger partial charge in [0, 0.05) is 35.8 Å². The number of benzene rings is 2. The van der Waals surface area contributed by atoms with E-state index in [0.717, 1.165) is 19.5 Å². The van der Waals surface area contributed by atoms with Gasteiger partial charge in [-0.1, -0.05) is 35.3 Å². The first-order chi connectivity index (χ1) is 19.2. The minimum atomic E-state index is -0.471. The van der Waals surface area contributed by atoms with Crippen LogP contribution in [0.2, 0.25) is 10.0 Å². The summed E-state index contributed by atoms with van der Waals surface area (Å²) in [4.78, 5) is 34.3. The maximum Gasteiger partial charge on any atom is 0.293 e. The van der Waals surface area contributed by atoms with Crippen LogP contribution in [0.15, 0.2) is 41.3 Å². The highest BCUT2D eigenvalue weighted by Gasteiger charge is 2.25. The number of nitro benzene ring substituents is 1. The Bertz CT molecular complexity index is 1660. The fourth-order valence-corrected chi connectivity index (χ4v) is 5.60. The van der Waals surface area contributed by atoms with Crippen LogP contribution < -0.4 is 25.7 Å². The van der Waals surface area contributed by atoms with Crippen molar-refractivity contribution in [2.24, 2.45) is 5.92 Å². The second kappa shape index (κ2) is 11.3. The number of rotatable bonds is 8.